The number of allylic oxidation sites excluding steroid dienone is 1. The summed E-state index contributed by atoms with van der Waals surface area (Å²) in [5, 5.41) is 9.11. The molecule has 0 unspecified atom stereocenters. The van der Waals surface area contributed by atoms with Gasteiger partial charge in [-0.25, -0.2) is 5.43 Å². The van der Waals surface area contributed by atoms with Crippen LogP contribution in [-0.2, 0) is 9.59 Å². The van der Waals surface area contributed by atoms with Crippen molar-refractivity contribution in [1.82, 2.24) is 5.43 Å². The monoisotopic (exact) mass is 426 g/mol. The van der Waals surface area contributed by atoms with Gasteiger partial charge in [0.15, 0.2) is 0 Å². The van der Waals surface area contributed by atoms with Crippen LogP contribution in [0.1, 0.15) is 22.8 Å². The average molecular weight is 426 g/mol. The van der Waals surface area contributed by atoms with Gasteiger partial charge in [0.05, 0.1) is 17.0 Å². The lowest BCUT2D eigenvalue weighted by Crippen LogP contribution is -2.33. The van der Waals surface area contributed by atoms with E-state index in [4.69, 9.17) is 0 Å². The second-order valence-electron chi connectivity index (χ2n) is 6.76. The second kappa shape index (κ2) is 11.0. The largest absolute Gasteiger partial charge is 0.329 e. The van der Waals surface area contributed by atoms with Crippen LogP contribution in [0.5, 0.6) is 0 Å². The highest BCUT2D eigenvalue weighted by Gasteiger charge is 2.17. The molecule has 0 saturated heterocycles. The molecule has 0 aliphatic rings. The van der Waals surface area contributed by atoms with Crippen LogP contribution in [-0.4, -0.2) is 23.4 Å². The number of para-hydroxylation sites is 2. The second-order valence-corrected chi connectivity index (χ2v) is 6.76. The van der Waals surface area contributed by atoms with Crippen LogP contribution < -0.4 is 16.1 Å². The Bertz CT molecular complexity index is 1160. The normalized spacial score (nSPS) is 11.1. The third-order valence-electron chi connectivity index (χ3n) is 4.31. The van der Waals surface area contributed by atoms with Crippen molar-refractivity contribution in [3.63, 3.8) is 0 Å². The summed E-state index contributed by atoms with van der Waals surface area (Å²) in [6.07, 6.45) is 3.56. The molecule has 3 amide bonds. The molecular weight excluding hydrogens is 404 g/mol. The zero-order chi connectivity index (χ0) is 22.8. The fraction of sp³-hybridized carbons (Fsp3) is 0.0400. The first-order valence-electron chi connectivity index (χ1n) is 9.87. The van der Waals surface area contributed by atoms with Gasteiger partial charge in [-0.3, -0.25) is 14.4 Å². The Morgan fingerprint density at radius 3 is 2.09 bits per heavy atom. The molecule has 3 N–H and O–H groups in total. The molecule has 3 aromatic carbocycles. The van der Waals surface area contributed by atoms with Crippen LogP contribution >= 0.6 is 0 Å². The van der Waals surface area contributed by atoms with E-state index in [1.54, 1.807) is 61.5 Å². The van der Waals surface area contributed by atoms with Gasteiger partial charge in [-0.2, -0.15) is 5.10 Å². The van der Waals surface area contributed by atoms with Crippen molar-refractivity contribution in [2.45, 2.75) is 6.92 Å². The third kappa shape index (κ3) is 6.50. The first-order chi connectivity index (χ1) is 15.5. The molecule has 0 aliphatic carbocycles. The number of amides is 3. The topological polar surface area (TPSA) is 99.7 Å². The molecule has 0 aliphatic heterocycles. The highest BCUT2D eigenvalue weighted by atomic mass is 16.2. The molecule has 3 aromatic rings. The van der Waals surface area contributed by atoms with Crippen LogP contribution in [0.2, 0.25) is 0 Å². The zero-order valence-corrected chi connectivity index (χ0v) is 17.4. The van der Waals surface area contributed by atoms with Gasteiger partial charge in [-0.1, -0.05) is 66.7 Å². The lowest BCUT2D eigenvalue weighted by Gasteiger charge is -2.11. The van der Waals surface area contributed by atoms with E-state index in [9.17, 15) is 14.4 Å². The van der Waals surface area contributed by atoms with Gasteiger partial charge < -0.3 is 10.6 Å². The van der Waals surface area contributed by atoms with Crippen molar-refractivity contribution < 1.29 is 14.4 Å². The van der Waals surface area contributed by atoms with Crippen LogP contribution in [0.3, 0.4) is 0 Å². The van der Waals surface area contributed by atoms with Gasteiger partial charge >= 0.3 is 11.8 Å². The quantitative estimate of drug-likeness (QED) is 0.315. The van der Waals surface area contributed by atoms with Gasteiger partial charge in [0.1, 0.15) is 0 Å². The summed E-state index contributed by atoms with van der Waals surface area (Å²) in [6.45, 7) is 1.70. The molecule has 7 heteroatoms. The third-order valence-corrected chi connectivity index (χ3v) is 4.31. The van der Waals surface area contributed by atoms with E-state index >= 15 is 0 Å². The van der Waals surface area contributed by atoms with Crippen molar-refractivity contribution in [1.29, 1.82) is 0 Å². The van der Waals surface area contributed by atoms with Gasteiger partial charge in [0.25, 0.3) is 5.91 Å². The molecule has 0 spiro atoms. The van der Waals surface area contributed by atoms with Crippen LogP contribution in [0, 0.1) is 0 Å². The number of carbonyl (C=O) groups is 3. The number of benzene rings is 3. The van der Waals surface area contributed by atoms with Crippen LogP contribution in [0.4, 0.5) is 11.4 Å². The molecule has 3 rings (SSSR count). The van der Waals surface area contributed by atoms with E-state index in [2.05, 4.69) is 21.2 Å². The summed E-state index contributed by atoms with van der Waals surface area (Å²) < 4.78 is 0. The predicted molar refractivity (Wildman–Crippen MR) is 126 cm³/mol. The van der Waals surface area contributed by atoms with Gasteiger partial charge in [-0.05, 0) is 42.8 Å². The van der Waals surface area contributed by atoms with Crippen molar-refractivity contribution in [3.8, 4) is 0 Å². The SMILES string of the molecule is CC(/C=C/c1ccccc1)=N\NC(=O)C(=O)Nc1ccccc1C(=O)Nc1ccccc1. The summed E-state index contributed by atoms with van der Waals surface area (Å²) in [7, 11) is 0. The lowest BCUT2D eigenvalue weighted by molar-refractivity contribution is -0.136. The smallest absolute Gasteiger partial charge is 0.322 e. The van der Waals surface area contributed by atoms with Crippen molar-refractivity contribution >= 4 is 40.9 Å². The van der Waals surface area contributed by atoms with Gasteiger partial charge in [0.2, 0.25) is 0 Å². The Morgan fingerprint density at radius 2 is 1.38 bits per heavy atom. The van der Waals surface area contributed by atoms with Crippen LogP contribution in [0.25, 0.3) is 6.08 Å². The Balaban J connectivity index is 1.61. The van der Waals surface area contributed by atoms with Crippen molar-refractivity contribution in [2.75, 3.05) is 10.6 Å². The van der Waals surface area contributed by atoms with E-state index < -0.39 is 17.7 Å². The molecule has 0 radical (unpaired) electrons. The Morgan fingerprint density at radius 1 is 0.750 bits per heavy atom. The number of carbonyl (C=O) groups excluding carboxylic acids is 3. The number of nitrogens with one attached hydrogen (secondary N) is 3. The Labute approximate surface area is 185 Å². The predicted octanol–water partition coefficient (Wildman–Crippen LogP) is 4.08. The highest BCUT2D eigenvalue weighted by molar-refractivity contribution is 6.40. The van der Waals surface area contributed by atoms with Gasteiger partial charge in [-0.15, -0.1) is 0 Å². The van der Waals surface area contributed by atoms with E-state index in [1.165, 1.54) is 0 Å². The van der Waals surface area contributed by atoms with E-state index in [0.717, 1.165) is 5.56 Å². The van der Waals surface area contributed by atoms with E-state index in [1.807, 2.05) is 42.5 Å². The first-order valence-corrected chi connectivity index (χ1v) is 9.87. The molecule has 0 aromatic heterocycles. The first kappa shape index (κ1) is 22.2. The lowest BCUT2D eigenvalue weighted by atomic mass is 10.1. The average Bonchev–Trinajstić information content (AvgIpc) is 2.82. The minimum atomic E-state index is -0.948. The summed E-state index contributed by atoms with van der Waals surface area (Å²) in [6, 6.07) is 25.0. The fourth-order valence-electron chi connectivity index (χ4n) is 2.70. The molecule has 0 saturated carbocycles. The molecule has 7 nitrogen and oxygen atoms in total. The summed E-state index contributed by atoms with van der Waals surface area (Å²) in [5.41, 5.74) is 4.76. The molecule has 0 fully saturated rings. The summed E-state index contributed by atoms with van der Waals surface area (Å²) >= 11 is 0. The number of hydrazone groups is 1. The number of nitrogens with zero attached hydrogens (tertiary/aromatic N) is 1. The maximum atomic E-state index is 12.6. The van der Waals surface area contributed by atoms with Crippen LogP contribution in [0.15, 0.2) is 96.1 Å². The maximum Gasteiger partial charge on any atom is 0.329 e. The fourth-order valence-corrected chi connectivity index (χ4v) is 2.70. The number of hydrogen-bond donors (Lipinski definition) is 3. The number of hydrogen-bond acceptors (Lipinski definition) is 4. The van der Waals surface area contributed by atoms with E-state index in [0.29, 0.717) is 11.4 Å². The molecule has 0 bridgehead atoms. The van der Waals surface area contributed by atoms with Crippen molar-refractivity contribution in [3.05, 3.63) is 102 Å². The highest BCUT2D eigenvalue weighted by Crippen LogP contribution is 2.17. The summed E-state index contributed by atoms with van der Waals surface area (Å²) in [5.74, 6) is -2.29. The molecule has 160 valence electrons. The maximum absolute atomic E-state index is 12.6. The standard InChI is InChI=1S/C25H22N4O3/c1-18(16-17-19-10-4-2-5-11-19)28-29-25(32)24(31)27-22-15-9-8-14-21(22)23(30)26-20-12-6-3-7-13-20/h2-17H,1H3,(H,26,30)(H,27,31)(H,29,32)/b17-16+,28-18+. The molecular formula is C25H22N4O3. The van der Waals surface area contributed by atoms with E-state index in [-0.39, 0.29) is 11.3 Å². The zero-order valence-electron chi connectivity index (χ0n) is 17.4. The minimum Gasteiger partial charge on any atom is -0.322 e. The minimum absolute atomic E-state index is 0.214. The van der Waals surface area contributed by atoms with Crippen molar-refractivity contribution in [2.24, 2.45) is 5.10 Å². The Hall–Kier alpha value is -4.52. The number of anilines is 2. The molecule has 0 heterocycles. The molecule has 32 heavy (non-hydrogen) atoms. The van der Waals surface area contributed by atoms with Gasteiger partial charge in [0, 0.05) is 5.69 Å². The Kier molecular flexibility index (Phi) is 7.64. The summed E-state index contributed by atoms with van der Waals surface area (Å²) in [4.78, 5) is 37.0. The molecule has 0 atom stereocenters. The number of rotatable bonds is 6.